The summed E-state index contributed by atoms with van der Waals surface area (Å²) in [5.41, 5.74) is 1.01. The van der Waals surface area contributed by atoms with Crippen LogP contribution >= 0.6 is 15.9 Å². The highest BCUT2D eigenvalue weighted by Gasteiger charge is 2.65. The van der Waals surface area contributed by atoms with Crippen molar-refractivity contribution in [2.45, 2.75) is 16.7 Å². The van der Waals surface area contributed by atoms with Gasteiger partial charge >= 0.3 is 0 Å². The minimum atomic E-state index is -1.83. The highest BCUT2D eigenvalue weighted by Crippen LogP contribution is 2.43. The number of halogens is 1. The third-order valence-electron chi connectivity index (χ3n) is 3.52. The first kappa shape index (κ1) is 13.1. The second kappa shape index (κ2) is 4.56. The molecule has 1 amide bonds. The van der Waals surface area contributed by atoms with E-state index in [-0.39, 0.29) is 13.4 Å². The lowest BCUT2D eigenvalue weighted by atomic mass is 10.0. The molecule has 5 nitrogen and oxygen atoms in total. The second-order valence-corrected chi connectivity index (χ2v) is 6.38. The van der Waals surface area contributed by atoms with E-state index in [4.69, 9.17) is 9.47 Å². The Labute approximate surface area is 119 Å². The molecule has 102 valence electrons. The van der Waals surface area contributed by atoms with Crippen LogP contribution in [0.25, 0.3) is 0 Å². The van der Waals surface area contributed by atoms with Crippen LogP contribution in [0, 0.1) is 0 Å². The molecule has 0 radical (unpaired) electrons. The molecule has 0 aliphatic carbocycles. The molecule has 1 N–H and O–H groups in total. The van der Waals surface area contributed by atoms with Crippen molar-refractivity contribution < 1.29 is 19.4 Å². The zero-order valence-electron chi connectivity index (χ0n) is 10.2. The SMILES string of the molecule is O=C1N(Cc2ccccc2)C[C@]2(Br)COCO[C@]12O. The molecule has 0 unspecified atom stereocenters. The summed E-state index contributed by atoms with van der Waals surface area (Å²) in [6.45, 7) is 0.950. The number of ether oxygens (including phenoxy) is 2. The Kier molecular flexibility index (Phi) is 3.13. The summed E-state index contributed by atoms with van der Waals surface area (Å²) in [4.78, 5) is 13.9. The molecule has 2 aliphatic heterocycles. The topological polar surface area (TPSA) is 59.0 Å². The number of alkyl halides is 1. The molecule has 2 aliphatic rings. The zero-order valence-corrected chi connectivity index (χ0v) is 11.8. The van der Waals surface area contributed by atoms with Crippen LogP contribution in [0.2, 0.25) is 0 Å². The van der Waals surface area contributed by atoms with Gasteiger partial charge in [-0.15, -0.1) is 0 Å². The first-order valence-corrected chi connectivity index (χ1v) is 6.81. The molecule has 0 bridgehead atoms. The highest BCUT2D eigenvalue weighted by molar-refractivity contribution is 9.10. The van der Waals surface area contributed by atoms with Crippen LogP contribution in [-0.4, -0.2) is 46.0 Å². The largest absolute Gasteiger partial charge is 0.357 e. The van der Waals surface area contributed by atoms with Crippen molar-refractivity contribution in [2.24, 2.45) is 0 Å². The molecule has 2 heterocycles. The number of rotatable bonds is 2. The van der Waals surface area contributed by atoms with E-state index >= 15 is 0 Å². The number of carbonyl (C=O) groups is 1. The summed E-state index contributed by atoms with van der Waals surface area (Å²) in [7, 11) is 0. The lowest BCUT2D eigenvalue weighted by Crippen LogP contribution is -2.59. The number of fused-ring (bicyclic) bond motifs is 1. The fraction of sp³-hybridized carbons (Fsp3) is 0.462. The zero-order chi connectivity index (χ0) is 13.5. The van der Waals surface area contributed by atoms with Gasteiger partial charge in [0.15, 0.2) is 6.79 Å². The maximum atomic E-state index is 12.3. The van der Waals surface area contributed by atoms with Gasteiger partial charge < -0.3 is 19.5 Å². The van der Waals surface area contributed by atoms with Crippen LogP contribution in [-0.2, 0) is 20.8 Å². The monoisotopic (exact) mass is 327 g/mol. The van der Waals surface area contributed by atoms with Crippen molar-refractivity contribution >= 4 is 21.8 Å². The van der Waals surface area contributed by atoms with Crippen LogP contribution in [0.1, 0.15) is 5.56 Å². The summed E-state index contributed by atoms with van der Waals surface area (Å²) in [6.07, 6.45) is 0. The number of benzene rings is 1. The van der Waals surface area contributed by atoms with Gasteiger partial charge in [-0.05, 0) is 5.56 Å². The number of aliphatic hydroxyl groups is 1. The smallest absolute Gasteiger partial charge is 0.284 e. The van der Waals surface area contributed by atoms with Crippen molar-refractivity contribution in [1.29, 1.82) is 0 Å². The molecule has 2 atom stereocenters. The molecule has 0 saturated carbocycles. The Hall–Kier alpha value is -0.950. The van der Waals surface area contributed by atoms with Crippen LogP contribution < -0.4 is 0 Å². The molecule has 3 rings (SSSR count). The van der Waals surface area contributed by atoms with E-state index in [1.54, 1.807) is 4.90 Å². The van der Waals surface area contributed by atoms with Gasteiger partial charge in [0.1, 0.15) is 4.32 Å². The Balaban J connectivity index is 1.84. The first-order chi connectivity index (χ1) is 9.05. The Morgan fingerprint density at radius 1 is 1.37 bits per heavy atom. The van der Waals surface area contributed by atoms with Gasteiger partial charge in [-0.25, -0.2) is 0 Å². The molecular weight excluding hydrogens is 314 g/mol. The average molecular weight is 328 g/mol. The third kappa shape index (κ3) is 1.99. The second-order valence-electron chi connectivity index (χ2n) is 4.87. The molecule has 6 heteroatoms. The van der Waals surface area contributed by atoms with Crippen molar-refractivity contribution in [3.05, 3.63) is 35.9 Å². The number of hydrogen-bond donors (Lipinski definition) is 1. The number of nitrogens with zero attached hydrogens (tertiary/aromatic N) is 1. The quantitative estimate of drug-likeness (QED) is 0.818. The normalized spacial score (nSPS) is 34.4. The molecular formula is C13H14BrNO4. The minimum absolute atomic E-state index is 0.0746. The fourth-order valence-corrected chi connectivity index (χ4v) is 3.23. The van der Waals surface area contributed by atoms with Crippen LogP contribution in [0.5, 0.6) is 0 Å². The maximum Gasteiger partial charge on any atom is 0.284 e. The predicted molar refractivity (Wildman–Crippen MR) is 70.4 cm³/mol. The molecule has 1 aromatic rings. The van der Waals surface area contributed by atoms with E-state index in [1.165, 1.54) is 0 Å². The first-order valence-electron chi connectivity index (χ1n) is 6.01. The van der Waals surface area contributed by atoms with Crippen LogP contribution in [0.3, 0.4) is 0 Å². The summed E-state index contributed by atoms with van der Waals surface area (Å²) in [5, 5.41) is 10.4. The van der Waals surface area contributed by atoms with E-state index in [2.05, 4.69) is 15.9 Å². The van der Waals surface area contributed by atoms with E-state index in [0.29, 0.717) is 13.1 Å². The number of carbonyl (C=O) groups excluding carboxylic acids is 1. The standard InChI is InChI=1S/C13H14BrNO4/c14-12-7-15(6-10-4-2-1-3-5-10)11(16)13(12,17)19-9-18-8-12/h1-5,17H,6-9H2/t12-,13+/m0/s1. The molecule has 1 aromatic carbocycles. The Morgan fingerprint density at radius 2 is 2.11 bits per heavy atom. The lowest BCUT2D eigenvalue weighted by molar-refractivity contribution is -0.278. The van der Waals surface area contributed by atoms with E-state index in [1.807, 2.05) is 30.3 Å². The number of hydrogen-bond acceptors (Lipinski definition) is 4. The van der Waals surface area contributed by atoms with Crippen molar-refractivity contribution in [1.82, 2.24) is 4.90 Å². The average Bonchev–Trinajstić information content (AvgIpc) is 2.60. The maximum absolute atomic E-state index is 12.3. The summed E-state index contributed by atoms with van der Waals surface area (Å²) < 4.78 is 9.46. The van der Waals surface area contributed by atoms with Gasteiger partial charge in [0.2, 0.25) is 0 Å². The fourth-order valence-electron chi connectivity index (χ4n) is 2.48. The Morgan fingerprint density at radius 3 is 2.79 bits per heavy atom. The molecule has 0 aromatic heterocycles. The van der Waals surface area contributed by atoms with E-state index < -0.39 is 16.0 Å². The van der Waals surface area contributed by atoms with E-state index in [9.17, 15) is 9.90 Å². The van der Waals surface area contributed by atoms with Crippen molar-refractivity contribution in [3.63, 3.8) is 0 Å². The molecule has 2 fully saturated rings. The summed E-state index contributed by atoms with van der Waals surface area (Å²) >= 11 is 3.41. The van der Waals surface area contributed by atoms with Gasteiger partial charge in [-0.3, -0.25) is 4.79 Å². The van der Waals surface area contributed by atoms with Gasteiger partial charge in [-0.1, -0.05) is 46.3 Å². The molecule has 19 heavy (non-hydrogen) atoms. The highest BCUT2D eigenvalue weighted by atomic mass is 79.9. The Bertz CT molecular complexity index is 497. The van der Waals surface area contributed by atoms with Crippen molar-refractivity contribution in [3.8, 4) is 0 Å². The minimum Gasteiger partial charge on any atom is -0.357 e. The van der Waals surface area contributed by atoms with Crippen molar-refractivity contribution in [2.75, 3.05) is 19.9 Å². The predicted octanol–water partition coefficient (Wildman–Crippen LogP) is 0.855. The third-order valence-corrected chi connectivity index (χ3v) is 4.54. The van der Waals surface area contributed by atoms with Gasteiger partial charge in [0.05, 0.1) is 6.61 Å². The lowest BCUT2D eigenvalue weighted by Gasteiger charge is -2.37. The van der Waals surface area contributed by atoms with Crippen LogP contribution in [0.15, 0.2) is 30.3 Å². The van der Waals surface area contributed by atoms with Gasteiger partial charge in [-0.2, -0.15) is 0 Å². The van der Waals surface area contributed by atoms with Gasteiger partial charge in [0, 0.05) is 13.1 Å². The van der Waals surface area contributed by atoms with Gasteiger partial charge in [0.25, 0.3) is 11.7 Å². The van der Waals surface area contributed by atoms with Crippen LogP contribution in [0.4, 0.5) is 0 Å². The number of amides is 1. The molecule has 2 saturated heterocycles. The van der Waals surface area contributed by atoms with E-state index in [0.717, 1.165) is 5.56 Å². The molecule has 0 spiro atoms. The summed E-state index contributed by atoms with van der Waals surface area (Å²) in [6, 6.07) is 9.64. The summed E-state index contributed by atoms with van der Waals surface area (Å²) in [5.74, 6) is -2.25. The number of likely N-dealkylation sites (tertiary alicyclic amines) is 1.